The Morgan fingerprint density at radius 1 is 1.40 bits per heavy atom. The third-order valence-corrected chi connectivity index (χ3v) is 5.93. The quantitative estimate of drug-likeness (QED) is 0.746. The molecule has 0 aromatic heterocycles. The van der Waals surface area contributed by atoms with Crippen molar-refractivity contribution < 1.29 is 27.9 Å². The highest BCUT2D eigenvalue weighted by Crippen LogP contribution is 2.29. The number of carbonyl (C=O) groups excluding carboxylic acids is 1. The van der Waals surface area contributed by atoms with E-state index in [1.165, 1.54) is 29.6 Å². The second-order valence-electron chi connectivity index (χ2n) is 5.52. The molecular weight excluding hydrogens is 372 g/mol. The number of rotatable bonds is 7. The van der Waals surface area contributed by atoms with Crippen LogP contribution in [0.15, 0.2) is 18.2 Å². The molecule has 0 bridgehead atoms. The Labute approximate surface area is 151 Å². The Morgan fingerprint density at radius 3 is 2.64 bits per heavy atom. The first-order valence-corrected chi connectivity index (χ1v) is 9.55. The summed E-state index contributed by atoms with van der Waals surface area (Å²) in [5, 5.41) is 9.02. The van der Waals surface area contributed by atoms with Crippen molar-refractivity contribution in [3.63, 3.8) is 0 Å². The van der Waals surface area contributed by atoms with Gasteiger partial charge in [0, 0.05) is 20.2 Å². The van der Waals surface area contributed by atoms with Crippen LogP contribution in [0.2, 0.25) is 5.02 Å². The number of carboxylic acid groups (broad SMARTS) is 1. The number of hydrogen-bond donors (Lipinski definition) is 1. The lowest BCUT2D eigenvalue weighted by Gasteiger charge is -2.22. The predicted octanol–water partition coefficient (Wildman–Crippen LogP) is 1.05. The number of hydrogen-bond acceptors (Lipinski definition) is 5. The number of halogens is 1. The van der Waals surface area contributed by atoms with Crippen LogP contribution in [-0.2, 0) is 19.6 Å². The van der Waals surface area contributed by atoms with E-state index in [4.69, 9.17) is 21.4 Å². The Balaban J connectivity index is 2.26. The van der Waals surface area contributed by atoms with Crippen LogP contribution in [-0.4, -0.2) is 69.4 Å². The molecule has 1 aliphatic rings. The Hall–Kier alpha value is -1.84. The molecule has 2 rings (SSSR count). The van der Waals surface area contributed by atoms with Gasteiger partial charge in [-0.05, 0) is 24.6 Å². The first-order valence-electron chi connectivity index (χ1n) is 7.56. The van der Waals surface area contributed by atoms with Gasteiger partial charge >= 0.3 is 5.97 Å². The average molecular weight is 391 g/mol. The molecule has 8 nitrogen and oxygen atoms in total. The van der Waals surface area contributed by atoms with Crippen LogP contribution >= 0.6 is 11.6 Å². The molecule has 10 heteroatoms. The van der Waals surface area contributed by atoms with Gasteiger partial charge in [0.05, 0.1) is 28.6 Å². The first-order chi connectivity index (χ1) is 11.8. The molecule has 1 fully saturated rings. The summed E-state index contributed by atoms with van der Waals surface area (Å²) >= 11 is 6.16. The van der Waals surface area contributed by atoms with Crippen molar-refractivity contribution in [3.05, 3.63) is 28.8 Å². The molecule has 1 amide bonds. The van der Waals surface area contributed by atoms with Gasteiger partial charge in [-0.1, -0.05) is 11.6 Å². The monoisotopic (exact) mass is 390 g/mol. The van der Waals surface area contributed by atoms with E-state index in [2.05, 4.69) is 0 Å². The molecule has 25 heavy (non-hydrogen) atoms. The molecule has 0 spiro atoms. The van der Waals surface area contributed by atoms with E-state index >= 15 is 0 Å². The Kier molecular flexibility index (Phi) is 6.26. The summed E-state index contributed by atoms with van der Waals surface area (Å²) in [5.74, 6) is -1.63. The van der Waals surface area contributed by atoms with E-state index < -0.39 is 28.4 Å². The van der Waals surface area contributed by atoms with Gasteiger partial charge in [-0.25, -0.2) is 8.42 Å². The molecule has 1 aromatic carbocycles. The fourth-order valence-corrected chi connectivity index (χ4v) is 4.36. The van der Waals surface area contributed by atoms with Crippen molar-refractivity contribution >= 4 is 39.2 Å². The number of aliphatic carboxylic acids is 1. The van der Waals surface area contributed by atoms with E-state index in [0.29, 0.717) is 18.7 Å². The van der Waals surface area contributed by atoms with Crippen molar-refractivity contribution in [2.75, 3.05) is 43.4 Å². The minimum Gasteiger partial charge on any atom is -0.480 e. The molecule has 0 unspecified atom stereocenters. The van der Waals surface area contributed by atoms with E-state index in [1.807, 2.05) is 0 Å². The summed E-state index contributed by atoms with van der Waals surface area (Å²) in [4.78, 5) is 24.6. The van der Waals surface area contributed by atoms with E-state index in [-0.39, 0.29) is 29.5 Å². The van der Waals surface area contributed by atoms with Crippen LogP contribution in [0.25, 0.3) is 0 Å². The van der Waals surface area contributed by atoms with E-state index in [1.54, 1.807) is 0 Å². The highest BCUT2D eigenvalue weighted by Gasteiger charge is 2.29. The lowest BCUT2D eigenvalue weighted by molar-refractivity contribution is -0.137. The zero-order chi connectivity index (χ0) is 18.6. The third kappa shape index (κ3) is 4.62. The third-order valence-electron chi connectivity index (χ3n) is 3.75. The molecule has 1 saturated heterocycles. The number of amides is 1. The molecule has 0 saturated carbocycles. The summed E-state index contributed by atoms with van der Waals surface area (Å²) < 4.78 is 30.1. The van der Waals surface area contributed by atoms with Gasteiger partial charge in [0.25, 0.3) is 5.91 Å². The number of anilines is 1. The highest BCUT2D eigenvalue weighted by molar-refractivity contribution is 7.93. The van der Waals surface area contributed by atoms with Crippen LogP contribution in [0.1, 0.15) is 16.8 Å². The smallest absolute Gasteiger partial charge is 0.323 e. The number of ether oxygens (including phenoxy) is 1. The van der Waals surface area contributed by atoms with E-state index in [9.17, 15) is 18.0 Å². The molecule has 138 valence electrons. The molecule has 0 atom stereocenters. The molecule has 1 heterocycles. The van der Waals surface area contributed by atoms with Gasteiger partial charge in [0.15, 0.2) is 0 Å². The standard InChI is InChI=1S/C15H19ClN2O6S/c1-24-7-6-17(10-14(19)20)15(21)12-4-3-11(9-13(12)16)18-5-2-8-25(18,22)23/h3-4,9H,2,5-8,10H2,1H3,(H,19,20). The number of benzene rings is 1. The van der Waals surface area contributed by atoms with Crippen LogP contribution in [0.4, 0.5) is 5.69 Å². The molecule has 1 aliphatic heterocycles. The number of nitrogens with zero attached hydrogens (tertiary/aromatic N) is 2. The lowest BCUT2D eigenvalue weighted by Crippen LogP contribution is -2.38. The molecule has 0 aliphatic carbocycles. The summed E-state index contributed by atoms with van der Waals surface area (Å²) in [6, 6.07) is 4.32. The number of carboxylic acids is 1. The second kappa shape index (κ2) is 8.03. The zero-order valence-corrected chi connectivity index (χ0v) is 15.2. The minimum absolute atomic E-state index is 0.0670. The van der Waals surface area contributed by atoms with Crippen LogP contribution in [0, 0.1) is 0 Å². The SMILES string of the molecule is COCCN(CC(=O)O)C(=O)c1ccc(N2CCCS2(=O)=O)cc1Cl. The van der Waals surface area contributed by atoms with Crippen LogP contribution in [0.5, 0.6) is 0 Å². The van der Waals surface area contributed by atoms with Crippen molar-refractivity contribution in [2.24, 2.45) is 0 Å². The Morgan fingerprint density at radius 2 is 2.12 bits per heavy atom. The molecule has 0 radical (unpaired) electrons. The van der Waals surface area contributed by atoms with Gasteiger partial charge < -0.3 is 14.7 Å². The van der Waals surface area contributed by atoms with Gasteiger partial charge in [-0.2, -0.15) is 0 Å². The highest BCUT2D eigenvalue weighted by atomic mass is 35.5. The van der Waals surface area contributed by atoms with Gasteiger partial charge in [-0.3, -0.25) is 13.9 Å². The summed E-state index contributed by atoms with van der Waals surface area (Å²) in [6.07, 6.45) is 0.532. The Bertz CT molecular complexity index is 767. The van der Waals surface area contributed by atoms with Crippen LogP contribution < -0.4 is 4.31 Å². The number of sulfonamides is 1. The topological polar surface area (TPSA) is 104 Å². The number of methoxy groups -OCH3 is 1. The fourth-order valence-electron chi connectivity index (χ4n) is 2.55. The minimum atomic E-state index is -3.35. The zero-order valence-electron chi connectivity index (χ0n) is 13.6. The maximum Gasteiger partial charge on any atom is 0.323 e. The molecule has 1 N–H and O–H groups in total. The summed E-state index contributed by atoms with van der Waals surface area (Å²) in [5.41, 5.74) is 0.500. The maximum absolute atomic E-state index is 12.6. The summed E-state index contributed by atoms with van der Waals surface area (Å²) in [7, 11) is -1.90. The lowest BCUT2D eigenvalue weighted by atomic mass is 10.1. The van der Waals surface area contributed by atoms with Gasteiger partial charge in [-0.15, -0.1) is 0 Å². The van der Waals surface area contributed by atoms with Crippen molar-refractivity contribution in [3.8, 4) is 0 Å². The average Bonchev–Trinajstić information content (AvgIpc) is 2.89. The number of carbonyl (C=O) groups is 2. The normalized spacial score (nSPS) is 16.0. The van der Waals surface area contributed by atoms with Gasteiger partial charge in [0.2, 0.25) is 10.0 Å². The second-order valence-corrected chi connectivity index (χ2v) is 7.94. The predicted molar refractivity (Wildman–Crippen MR) is 92.6 cm³/mol. The fraction of sp³-hybridized carbons (Fsp3) is 0.467. The first kappa shape index (κ1) is 19.5. The maximum atomic E-state index is 12.6. The van der Waals surface area contributed by atoms with E-state index in [0.717, 1.165) is 4.90 Å². The van der Waals surface area contributed by atoms with Crippen molar-refractivity contribution in [1.82, 2.24) is 4.90 Å². The van der Waals surface area contributed by atoms with Crippen LogP contribution in [0.3, 0.4) is 0 Å². The molecule has 1 aromatic rings. The largest absolute Gasteiger partial charge is 0.480 e. The van der Waals surface area contributed by atoms with Gasteiger partial charge in [0.1, 0.15) is 6.54 Å². The van der Waals surface area contributed by atoms with Crippen molar-refractivity contribution in [2.45, 2.75) is 6.42 Å². The molecular formula is C15H19ClN2O6S. The van der Waals surface area contributed by atoms with Crippen molar-refractivity contribution in [1.29, 1.82) is 0 Å². The summed E-state index contributed by atoms with van der Waals surface area (Å²) in [6.45, 7) is 0.159.